The fourth-order valence-electron chi connectivity index (χ4n) is 5.26. The van der Waals surface area contributed by atoms with E-state index in [9.17, 15) is 23.1 Å². The maximum atomic E-state index is 14.0. The van der Waals surface area contributed by atoms with E-state index in [1.165, 1.54) is 0 Å². The second-order valence-electron chi connectivity index (χ2n) is 9.37. The van der Waals surface area contributed by atoms with Gasteiger partial charge in [-0.05, 0) is 74.1 Å². The molecule has 2 aromatic carbocycles. The van der Waals surface area contributed by atoms with Gasteiger partial charge in [0, 0.05) is 17.8 Å². The van der Waals surface area contributed by atoms with Crippen LogP contribution in [0, 0.1) is 24.4 Å². The van der Waals surface area contributed by atoms with E-state index in [0.717, 1.165) is 29.1 Å². The zero-order chi connectivity index (χ0) is 25.6. The number of hydrogen-bond donors (Lipinski definition) is 1. The van der Waals surface area contributed by atoms with Crippen LogP contribution in [0.5, 0.6) is 5.75 Å². The highest BCUT2D eigenvalue weighted by Crippen LogP contribution is 2.41. The molecule has 3 atom stereocenters. The van der Waals surface area contributed by atoms with E-state index >= 15 is 0 Å². The molecule has 2 saturated heterocycles. The quantitative estimate of drug-likeness (QED) is 0.412. The number of aliphatic hydroxyl groups is 1. The van der Waals surface area contributed by atoms with E-state index in [0.29, 0.717) is 30.6 Å². The van der Waals surface area contributed by atoms with Crippen molar-refractivity contribution < 1.29 is 27.8 Å². The zero-order valence-corrected chi connectivity index (χ0v) is 19.9. The summed E-state index contributed by atoms with van der Waals surface area (Å²) < 4.78 is 49.0. The Morgan fingerprint density at radius 2 is 1.89 bits per heavy atom. The summed E-state index contributed by atoms with van der Waals surface area (Å²) in [4.78, 5) is 19.4. The number of aromatic nitrogens is 2. The molecule has 0 aliphatic carbocycles. The Kier molecular flexibility index (Phi) is 6.34. The summed E-state index contributed by atoms with van der Waals surface area (Å²) in [5, 5.41) is 10.4. The number of hydrogen-bond acceptors (Lipinski definition) is 4. The first-order chi connectivity index (χ1) is 17.2. The molecule has 3 unspecified atom stereocenters. The number of aryl methyl sites for hydroxylation is 1. The molecule has 1 amide bonds. The summed E-state index contributed by atoms with van der Waals surface area (Å²) in [7, 11) is 1.57. The molecule has 0 radical (unpaired) electrons. The van der Waals surface area contributed by atoms with Crippen LogP contribution in [0.2, 0.25) is 0 Å². The predicted octanol–water partition coefficient (Wildman–Crippen LogP) is 4.88. The van der Waals surface area contributed by atoms with Crippen LogP contribution in [-0.2, 0) is 4.79 Å². The highest BCUT2D eigenvalue weighted by Gasteiger charge is 2.42. The maximum Gasteiger partial charge on any atom is 0.250 e. The van der Waals surface area contributed by atoms with Crippen molar-refractivity contribution in [2.45, 2.75) is 50.8 Å². The highest BCUT2D eigenvalue weighted by atomic mass is 19.2. The van der Waals surface area contributed by atoms with Crippen molar-refractivity contribution in [3.63, 3.8) is 0 Å². The fourth-order valence-corrected chi connectivity index (χ4v) is 5.26. The van der Waals surface area contributed by atoms with Gasteiger partial charge in [0.1, 0.15) is 5.75 Å². The summed E-state index contributed by atoms with van der Waals surface area (Å²) in [6.45, 7) is 1.89. The number of benzene rings is 2. The molecule has 3 heterocycles. The van der Waals surface area contributed by atoms with E-state index in [2.05, 4.69) is 4.98 Å². The molecule has 9 heteroatoms. The number of amides is 1. The van der Waals surface area contributed by atoms with Gasteiger partial charge >= 0.3 is 0 Å². The molecule has 0 saturated carbocycles. The van der Waals surface area contributed by atoms with Crippen molar-refractivity contribution in [3.8, 4) is 11.4 Å². The first kappa shape index (κ1) is 24.1. The Labute approximate surface area is 206 Å². The van der Waals surface area contributed by atoms with Gasteiger partial charge in [-0.2, -0.15) is 0 Å². The van der Waals surface area contributed by atoms with Gasteiger partial charge in [0.05, 0.1) is 37.0 Å². The maximum absolute atomic E-state index is 14.0. The molecule has 2 aliphatic heterocycles. The normalized spacial score (nSPS) is 23.2. The van der Waals surface area contributed by atoms with Gasteiger partial charge in [-0.15, -0.1) is 0 Å². The molecular formula is C27H26F3N3O3. The number of rotatable bonds is 4. The monoisotopic (exact) mass is 497 g/mol. The van der Waals surface area contributed by atoms with Crippen LogP contribution in [0.3, 0.4) is 0 Å². The van der Waals surface area contributed by atoms with Crippen LogP contribution in [0.4, 0.5) is 13.2 Å². The van der Waals surface area contributed by atoms with E-state index < -0.39 is 29.6 Å². The number of nitrogens with zero attached hydrogens (tertiary/aromatic N) is 3. The summed E-state index contributed by atoms with van der Waals surface area (Å²) in [6.07, 6.45) is 6.24. The van der Waals surface area contributed by atoms with Gasteiger partial charge in [0.15, 0.2) is 17.5 Å². The Bertz CT molecular complexity index is 1330. The Balaban J connectivity index is 1.47. The smallest absolute Gasteiger partial charge is 0.250 e. The van der Waals surface area contributed by atoms with Crippen molar-refractivity contribution in [2.75, 3.05) is 7.11 Å². The fraction of sp³-hybridized carbons (Fsp3) is 0.333. The van der Waals surface area contributed by atoms with Crippen LogP contribution in [0.15, 0.2) is 48.4 Å². The molecule has 5 rings (SSSR count). The minimum atomic E-state index is -1.56. The molecule has 2 fully saturated rings. The van der Waals surface area contributed by atoms with Gasteiger partial charge in [-0.1, -0.05) is 6.07 Å². The molecule has 188 valence electrons. The van der Waals surface area contributed by atoms with Gasteiger partial charge in [-0.25, -0.2) is 18.2 Å². The lowest BCUT2D eigenvalue weighted by Crippen LogP contribution is -2.52. The lowest BCUT2D eigenvalue weighted by molar-refractivity contribution is -0.139. The van der Waals surface area contributed by atoms with Gasteiger partial charge < -0.3 is 19.3 Å². The molecule has 1 N–H and O–H groups in total. The van der Waals surface area contributed by atoms with E-state index in [1.54, 1.807) is 24.4 Å². The number of imidazole rings is 1. The lowest BCUT2D eigenvalue weighted by Gasteiger charge is -2.47. The predicted molar refractivity (Wildman–Crippen MR) is 127 cm³/mol. The number of methoxy groups -OCH3 is 1. The van der Waals surface area contributed by atoms with Crippen molar-refractivity contribution in [2.24, 2.45) is 0 Å². The Hall–Kier alpha value is -3.59. The summed E-state index contributed by atoms with van der Waals surface area (Å²) >= 11 is 0. The number of carbonyl (C=O) groups excluding carboxylic acids is 1. The second-order valence-corrected chi connectivity index (χ2v) is 9.37. The number of halogens is 3. The summed E-state index contributed by atoms with van der Waals surface area (Å²) in [6, 6.07) is 6.37. The first-order valence-electron chi connectivity index (χ1n) is 11.8. The number of carbonyl (C=O) groups is 1. The van der Waals surface area contributed by atoms with Crippen molar-refractivity contribution in [1.29, 1.82) is 0 Å². The largest absolute Gasteiger partial charge is 0.495 e. The second kappa shape index (κ2) is 9.46. The number of aliphatic hydroxyl groups excluding tert-OH is 1. The Morgan fingerprint density at radius 1 is 1.14 bits per heavy atom. The first-order valence-corrected chi connectivity index (χ1v) is 11.8. The van der Waals surface area contributed by atoms with Crippen LogP contribution < -0.4 is 4.74 Å². The van der Waals surface area contributed by atoms with Gasteiger partial charge in [0.2, 0.25) is 0 Å². The molecule has 0 bridgehead atoms. The van der Waals surface area contributed by atoms with Crippen molar-refractivity contribution in [1.82, 2.24) is 14.5 Å². The molecule has 0 spiro atoms. The number of piperidine rings is 2. The Morgan fingerprint density at radius 3 is 2.56 bits per heavy atom. The zero-order valence-electron chi connectivity index (χ0n) is 19.9. The average molecular weight is 498 g/mol. The molecule has 1 aromatic heterocycles. The third-order valence-electron chi connectivity index (χ3n) is 6.95. The molecular weight excluding hydrogens is 471 g/mol. The van der Waals surface area contributed by atoms with Gasteiger partial charge in [-0.3, -0.25) is 4.79 Å². The third-order valence-corrected chi connectivity index (χ3v) is 6.95. The SMILES string of the molecule is COc1cc(C=C2CCC3CC(O)CC(c4cc(F)c(F)c(F)c4)N3C2=O)ccc1-n1cnc(C)c1. The van der Waals surface area contributed by atoms with E-state index in [-0.39, 0.29) is 23.9 Å². The minimum Gasteiger partial charge on any atom is -0.495 e. The van der Waals surface area contributed by atoms with Crippen LogP contribution in [-0.4, -0.2) is 44.7 Å². The third kappa shape index (κ3) is 4.39. The molecule has 2 aliphatic rings. The standard InChI is InChI=1S/C27H26F3N3O3/c1-15-13-32(14-31-15)23-6-3-16(8-25(23)36-2)7-17-4-5-19-11-20(34)12-24(33(19)27(17)35)18-9-21(28)26(30)22(29)10-18/h3,6-10,13-14,19-20,24,34H,4-5,11-12H2,1-2H3. The molecule has 36 heavy (non-hydrogen) atoms. The van der Waals surface area contributed by atoms with Crippen LogP contribution in [0.25, 0.3) is 11.8 Å². The number of fused-ring (bicyclic) bond motifs is 1. The molecule has 3 aromatic rings. The summed E-state index contributed by atoms with van der Waals surface area (Å²) in [5.74, 6) is -3.84. The minimum absolute atomic E-state index is 0.118. The van der Waals surface area contributed by atoms with Crippen molar-refractivity contribution >= 4 is 12.0 Å². The van der Waals surface area contributed by atoms with Crippen LogP contribution >= 0.6 is 0 Å². The van der Waals surface area contributed by atoms with E-state index in [1.807, 2.05) is 35.9 Å². The summed E-state index contributed by atoms with van der Waals surface area (Å²) in [5.41, 5.74) is 3.12. The highest BCUT2D eigenvalue weighted by molar-refractivity contribution is 5.99. The van der Waals surface area contributed by atoms with Crippen LogP contribution in [0.1, 0.15) is 48.5 Å². The van der Waals surface area contributed by atoms with E-state index in [4.69, 9.17) is 4.74 Å². The molecule has 6 nitrogen and oxygen atoms in total. The number of ether oxygens (including phenoxy) is 1. The average Bonchev–Trinajstić information content (AvgIpc) is 3.29. The van der Waals surface area contributed by atoms with Crippen molar-refractivity contribution in [3.05, 3.63) is 82.7 Å². The topological polar surface area (TPSA) is 67.6 Å². The van der Waals surface area contributed by atoms with Gasteiger partial charge in [0.25, 0.3) is 5.91 Å². The lowest BCUT2D eigenvalue weighted by atomic mass is 9.82.